The third-order valence-electron chi connectivity index (χ3n) is 4.65. The third kappa shape index (κ3) is 3.82. The Hall–Kier alpha value is 0.0400. The van der Waals surface area contributed by atoms with Crippen LogP contribution in [0.4, 0.5) is 0 Å². The number of Topliss-reactive ketones (excluding diaryl/α,β-unsaturated/α-hetero) is 2. The Labute approximate surface area is 129 Å². The first kappa shape index (κ1) is 16.4. The van der Waals surface area contributed by atoms with E-state index in [9.17, 15) is 9.59 Å². The topological polar surface area (TPSA) is 34.1 Å². The van der Waals surface area contributed by atoms with Crippen molar-refractivity contribution in [3.8, 4) is 0 Å². The normalized spacial score (nSPS) is 29.9. The maximum atomic E-state index is 12.0. The molecule has 20 heavy (non-hydrogen) atoms. The molecule has 2 aliphatic carbocycles. The van der Waals surface area contributed by atoms with Crippen LogP contribution in [-0.2, 0) is 31.4 Å². The van der Waals surface area contributed by atoms with Gasteiger partial charge in [-0.25, -0.2) is 0 Å². The van der Waals surface area contributed by atoms with Crippen LogP contribution in [0.15, 0.2) is 0 Å². The fraction of sp³-hybridized carbons (Fsp3) is 0.875. The van der Waals surface area contributed by atoms with Crippen molar-refractivity contribution in [3.63, 3.8) is 0 Å². The maximum Gasteiger partial charge on any atom is 0.184 e. The first-order valence-corrected chi connectivity index (χ1v) is 11.3. The molecule has 0 spiro atoms. The van der Waals surface area contributed by atoms with Crippen molar-refractivity contribution in [1.29, 1.82) is 0 Å². The molecule has 0 amide bonds. The number of rotatable bonds is 7. The average molecular weight is 317 g/mol. The van der Waals surface area contributed by atoms with Crippen LogP contribution in [0.25, 0.3) is 0 Å². The quantitative estimate of drug-likeness (QED) is 0.676. The summed E-state index contributed by atoms with van der Waals surface area (Å²) in [5.74, 6) is 5.71. The molecule has 0 heterocycles. The highest BCUT2D eigenvalue weighted by Gasteiger charge is 2.43. The molecular weight excluding hydrogens is 288 g/mol. The molecule has 114 valence electrons. The van der Waals surface area contributed by atoms with Gasteiger partial charge in [0.2, 0.25) is 0 Å². The zero-order valence-electron chi connectivity index (χ0n) is 12.9. The van der Waals surface area contributed by atoms with Gasteiger partial charge >= 0.3 is 0 Å². The van der Waals surface area contributed by atoms with E-state index >= 15 is 0 Å². The first-order chi connectivity index (χ1) is 9.67. The van der Waals surface area contributed by atoms with Gasteiger partial charge in [0.1, 0.15) is 11.5 Å². The Morgan fingerprint density at radius 3 is 1.50 bits per heavy atom. The predicted molar refractivity (Wildman–Crippen MR) is 90.8 cm³/mol. The van der Waals surface area contributed by atoms with Crippen LogP contribution >= 0.6 is 0 Å². The summed E-state index contributed by atoms with van der Waals surface area (Å²) < 4.78 is 0. The second-order valence-corrected chi connectivity index (χ2v) is 11.0. The molecule has 2 fully saturated rings. The van der Waals surface area contributed by atoms with Crippen molar-refractivity contribution >= 4 is 33.4 Å². The lowest BCUT2D eigenvalue weighted by molar-refractivity contribution is -0.117. The molecule has 0 radical (unpaired) electrons. The summed E-state index contributed by atoms with van der Waals surface area (Å²) in [6.07, 6.45) is 6.08. The van der Waals surface area contributed by atoms with E-state index in [1.165, 1.54) is 11.5 Å². The Kier molecular flexibility index (Phi) is 6.47. The molecule has 2 rings (SSSR count). The first-order valence-electron chi connectivity index (χ1n) is 8.05. The Morgan fingerprint density at radius 2 is 1.25 bits per heavy atom. The highest BCUT2D eigenvalue weighted by molar-refractivity contribution is 8.01. The second kappa shape index (κ2) is 7.88. The van der Waals surface area contributed by atoms with Gasteiger partial charge in [-0.3, -0.25) is 9.59 Å². The van der Waals surface area contributed by atoms with E-state index in [4.69, 9.17) is 0 Å². The van der Waals surface area contributed by atoms with E-state index in [0.29, 0.717) is 22.1 Å². The molecule has 2 nitrogen and oxygen atoms in total. The molecule has 4 heteroatoms. The molecule has 0 saturated heterocycles. The van der Waals surface area contributed by atoms with E-state index in [1.807, 2.05) is 0 Å². The standard InChI is InChI=1S/C16H28O2S2/c1-3-19(15-9-5-7-13(15)17)11-12-20(4-2)16-10-6-8-14(16)18/h15-16H,3-12H2,1-2H3/q+2. The van der Waals surface area contributed by atoms with Gasteiger partial charge in [0, 0.05) is 47.5 Å². The summed E-state index contributed by atoms with van der Waals surface area (Å²) in [4.78, 5) is 23.9. The number of hydrogen-bond donors (Lipinski definition) is 0. The summed E-state index contributed by atoms with van der Waals surface area (Å²) >= 11 is 0. The molecule has 0 aromatic carbocycles. The Balaban J connectivity index is 1.87. The summed E-state index contributed by atoms with van der Waals surface area (Å²) in [6, 6.07) is 0. The molecule has 0 aromatic heterocycles. The molecular formula is C16H28O2S2+2. The fourth-order valence-corrected chi connectivity index (χ4v) is 9.11. The predicted octanol–water partition coefficient (Wildman–Crippen LogP) is 2.51. The van der Waals surface area contributed by atoms with Crippen LogP contribution in [0.2, 0.25) is 0 Å². The van der Waals surface area contributed by atoms with Gasteiger partial charge in [0.05, 0.1) is 0 Å². The number of carbonyl (C=O) groups excluding carboxylic acids is 2. The van der Waals surface area contributed by atoms with E-state index in [0.717, 1.165) is 50.0 Å². The SMILES string of the molecule is CC[S+](CC[S+](CC)C1CCCC1=O)C1CCCC1=O. The van der Waals surface area contributed by atoms with Crippen LogP contribution in [0.5, 0.6) is 0 Å². The van der Waals surface area contributed by atoms with Crippen molar-refractivity contribution in [2.24, 2.45) is 0 Å². The van der Waals surface area contributed by atoms with Gasteiger partial charge in [-0.05, 0) is 26.7 Å². The van der Waals surface area contributed by atoms with Gasteiger partial charge in [0.25, 0.3) is 0 Å². The van der Waals surface area contributed by atoms with Crippen molar-refractivity contribution in [3.05, 3.63) is 0 Å². The lowest BCUT2D eigenvalue weighted by atomic mass is 10.3. The van der Waals surface area contributed by atoms with Gasteiger partial charge in [-0.2, -0.15) is 0 Å². The molecule has 0 N–H and O–H groups in total. The summed E-state index contributed by atoms with van der Waals surface area (Å²) in [7, 11) is 0.551. The molecule has 2 saturated carbocycles. The number of hydrogen-bond acceptors (Lipinski definition) is 2. The summed E-state index contributed by atoms with van der Waals surface area (Å²) in [5, 5.41) is 0.725. The molecule has 0 aromatic rings. The molecule has 4 atom stereocenters. The zero-order valence-corrected chi connectivity index (χ0v) is 14.5. The molecule has 0 bridgehead atoms. The number of carbonyl (C=O) groups is 2. The minimum Gasteiger partial charge on any atom is -0.294 e. The minimum atomic E-state index is 0.276. The summed E-state index contributed by atoms with van der Waals surface area (Å²) in [6.45, 7) is 4.47. The largest absolute Gasteiger partial charge is 0.294 e. The van der Waals surface area contributed by atoms with Crippen LogP contribution in [0, 0.1) is 0 Å². The molecule has 0 aliphatic heterocycles. The van der Waals surface area contributed by atoms with Crippen LogP contribution in [0.1, 0.15) is 52.4 Å². The fourth-order valence-electron chi connectivity index (χ4n) is 3.46. The van der Waals surface area contributed by atoms with E-state index in [1.54, 1.807) is 0 Å². The average Bonchev–Trinajstić information content (AvgIpc) is 3.05. The molecule has 2 aliphatic rings. The van der Waals surface area contributed by atoms with E-state index in [-0.39, 0.29) is 21.8 Å². The third-order valence-corrected chi connectivity index (χ3v) is 10.5. The van der Waals surface area contributed by atoms with Crippen LogP contribution < -0.4 is 0 Å². The minimum absolute atomic E-state index is 0.276. The smallest absolute Gasteiger partial charge is 0.184 e. The zero-order chi connectivity index (χ0) is 14.5. The summed E-state index contributed by atoms with van der Waals surface area (Å²) in [5.41, 5.74) is 0. The van der Waals surface area contributed by atoms with E-state index in [2.05, 4.69) is 13.8 Å². The van der Waals surface area contributed by atoms with E-state index < -0.39 is 0 Å². The van der Waals surface area contributed by atoms with Crippen LogP contribution in [0.3, 0.4) is 0 Å². The van der Waals surface area contributed by atoms with Crippen molar-refractivity contribution in [2.45, 2.75) is 62.9 Å². The van der Waals surface area contributed by atoms with Crippen molar-refractivity contribution < 1.29 is 9.59 Å². The van der Waals surface area contributed by atoms with Gasteiger partial charge in [0.15, 0.2) is 33.6 Å². The van der Waals surface area contributed by atoms with Gasteiger partial charge in [-0.15, -0.1) is 0 Å². The molecule has 4 unspecified atom stereocenters. The Bertz CT molecular complexity index is 322. The Morgan fingerprint density at radius 1 is 0.850 bits per heavy atom. The lowest BCUT2D eigenvalue weighted by Crippen LogP contribution is -2.36. The van der Waals surface area contributed by atoms with Gasteiger partial charge in [-0.1, -0.05) is 0 Å². The second-order valence-electron chi connectivity index (χ2n) is 5.75. The van der Waals surface area contributed by atoms with Crippen molar-refractivity contribution in [2.75, 3.05) is 23.0 Å². The highest BCUT2D eigenvalue weighted by Crippen LogP contribution is 2.27. The van der Waals surface area contributed by atoms with Crippen molar-refractivity contribution in [1.82, 2.24) is 0 Å². The van der Waals surface area contributed by atoms with Gasteiger partial charge < -0.3 is 0 Å². The monoisotopic (exact) mass is 316 g/mol. The van der Waals surface area contributed by atoms with Crippen LogP contribution in [-0.4, -0.2) is 45.1 Å². The maximum absolute atomic E-state index is 12.0. The number of ketones is 2. The highest BCUT2D eigenvalue weighted by atomic mass is 32.2. The lowest BCUT2D eigenvalue weighted by Gasteiger charge is -2.15.